The number of aliphatic carboxylic acids is 1. The van der Waals surface area contributed by atoms with Crippen LogP contribution in [0.5, 0.6) is 17.2 Å². The number of carbonyl (C=O) groups is 2. The van der Waals surface area contributed by atoms with Crippen molar-refractivity contribution >= 4 is 17.7 Å². The molecular weight excluding hydrogens is 516 g/mol. The van der Waals surface area contributed by atoms with Crippen LogP contribution in [0.15, 0.2) is 47.6 Å². The standard InChI is InChI=1S/C30H36N2O8/c1-30(2,32-16-14-21(15-17-32)8-13-27(33)34)29(25-18-24(37-4)11-12-26(25)38-5)31-40-20-28(35)39-19-22-6-9-23(36-3)10-7-22/h6-7,9-12,18,21H,14-17,19-20H2,1-5H3,(H,33,34). The average molecular weight is 553 g/mol. The Morgan fingerprint density at radius 1 is 1.00 bits per heavy atom. The maximum atomic E-state index is 12.4. The van der Waals surface area contributed by atoms with E-state index in [4.69, 9.17) is 28.9 Å². The van der Waals surface area contributed by atoms with Gasteiger partial charge in [0.2, 0.25) is 6.61 Å². The van der Waals surface area contributed by atoms with E-state index in [1.807, 2.05) is 32.0 Å². The van der Waals surface area contributed by atoms with E-state index in [2.05, 4.69) is 21.9 Å². The molecule has 0 unspecified atom stereocenters. The molecule has 0 bridgehead atoms. The van der Waals surface area contributed by atoms with Crippen molar-refractivity contribution in [3.63, 3.8) is 0 Å². The molecule has 1 fully saturated rings. The lowest BCUT2D eigenvalue weighted by Gasteiger charge is -2.42. The van der Waals surface area contributed by atoms with E-state index in [9.17, 15) is 9.59 Å². The summed E-state index contributed by atoms with van der Waals surface area (Å²) in [6, 6.07) is 12.6. The number of methoxy groups -OCH3 is 3. The van der Waals surface area contributed by atoms with Crippen molar-refractivity contribution in [1.82, 2.24) is 4.90 Å². The molecule has 10 nitrogen and oxygen atoms in total. The van der Waals surface area contributed by atoms with Gasteiger partial charge in [-0.25, -0.2) is 9.59 Å². The lowest BCUT2D eigenvalue weighted by Crippen LogP contribution is -2.53. The lowest BCUT2D eigenvalue weighted by molar-refractivity contribution is -0.150. The Morgan fingerprint density at radius 3 is 2.25 bits per heavy atom. The Morgan fingerprint density at radius 2 is 1.65 bits per heavy atom. The van der Waals surface area contributed by atoms with Crippen molar-refractivity contribution in [3.05, 3.63) is 53.6 Å². The minimum absolute atomic E-state index is 0.00613. The van der Waals surface area contributed by atoms with Crippen molar-refractivity contribution in [2.24, 2.45) is 11.1 Å². The van der Waals surface area contributed by atoms with Gasteiger partial charge in [0.25, 0.3) is 0 Å². The first kappa shape index (κ1) is 30.3. The van der Waals surface area contributed by atoms with Crippen LogP contribution < -0.4 is 14.2 Å². The van der Waals surface area contributed by atoms with Crippen molar-refractivity contribution in [1.29, 1.82) is 0 Å². The summed E-state index contributed by atoms with van der Waals surface area (Å²) < 4.78 is 21.6. The molecule has 214 valence electrons. The fourth-order valence-corrected chi connectivity index (χ4v) is 4.46. The summed E-state index contributed by atoms with van der Waals surface area (Å²) in [7, 11) is 4.73. The molecule has 0 radical (unpaired) electrons. The van der Waals surface area contributed by atoms with E-state index in [0.29, 0.717) is 54.5 Å². The maximum Gasteiger partial charge on any atom is 0.381 e. The van der Waals surface area contributed by atoms with E-state index in [1.54, 1.807) is 45.6 Å². The molecule has 0 saturated carbocycles. The molecule has 1 saturated heterocycles. The van der Waals surface area contributed by atoms with E-state index in [1.165, 1.54) is 0 Å². The topological polar surface area (TPSA) is 116 Å². The van der Waals surface area contributed by atoms with Gasteiger partial charge in [0.1, 0.15) is 29.6 Å². The van der Waals surface area contributed by atoms with Gasteiger partial charge in [-0.15, -0.1) is 0 Å². The van der Waals surface area contributed by atoms with Gasteiger partial charge in [0, 0.05) is 30.5 Å². The number of ether oxygens (including phenoxy) is 4. The number of piperidine rings is 1. The summed E-state index contributed by atoms with van der Waals surface area (Å²) in [5.74, 6) is 5.29. The fraction of sp³-hybridized carbons (Fsp3) is 0.433. The number of carboxylic acid groups (broad SMARTS) is 1. The van der Waals surface area contributed by atoms with Gasteiger partial charge in [-0.2, -0.15) is 0 Å². The molecule has 10 heteroatoms. The van der Waals surface area contributed by atoms with Gasteiger partial charge in [-0.1, -0.05) is 23.2 Å². The van der Waals surface area contributed by atoms with Crippen molar-refractivity contribution in [2.75, 3.05) is 41.0 Å². The smallest absolute Gasteiger partial charge is 0.381 e. The number of benzene rings is 2. The van der Waals surface area contributed by atoms with Crippen LogP contribution in [0.2, 0.25) is 0 Å². The predicted molar refractivity (Wildman–Crippen MR) is 149 cm³/mol. The highest BCUT2D eigenvalue weighted by atomic mass is 16.7. The van der Waals surface area contributed by atoms with Gasteiger partial charge in [-0.3, -0.25) is 4.90 Å². The zero-order chi connectivity index (χ0) is 29.1. The molecule has 1 aliphatic rings. The number of hydrogen-bond donors (Lipinski definition) is 1. The third-order valence-corrected chi connectivity index (χ3v) is 6.81. The van der Waals surface area contributed by atoms with Crippen molar-refractivity contribution in [2.45, 2.75) is 38.8 Å². The van der Waals surface area contributed by atoms with Crippen molar-refractivity contribution in [3.8, 4) is 29.1 Å². The summed E-state index contributed by atoms with van der Waals surface area (Å²) in [6.07, 6.45) is 1.43. The quantitative estimate of drug-likeness (QED) is 0.193. The number of carboxylic acids is 1. The molecular formula is C30H36N2O8. The molecule has 1 aliphatic heterocycles. The first-order valence-electron chi connectivity index (χ1n) is 12.9. The summed E-state index contributed by atoms with van der Waals surface area (Å²) >= 11 is 0. The van der Waals surface area contributed by atoms with E-state index in [0.717, 1.165) is 5.56 Å². The SMILES string of the molecule is COc1ccc(COC(=O)CON=C(c2cc(OC)ccc2OC)C(C)(C)N2CCC(C#CC(=O)O)CC2)cc1. The van der Waals surface area contributed by atoms with Gasteiger partial charge in [0.05, 0.1) is 26.9 Å². The number of oxime groups is 1. The normalized spacial score (nSPS) is 14.5. The number of rotatable bonds is 11. The number of hydrogen-bond acceptors (Lipinski definition) is 9. The molecule has 3 rings (SSSR count). The number of likely N-dealkylation sites (tertiary alicyclic amines) is 1. The maximum absolute atomic E-state index is 12.4. The van der Waals surface area contributed by atoms with Crippen molar-refractivity contribution < 1.29 is 38.5 Å². The molecule has 2 aromatic carbocycles. The number of nitrogens with zero attached hydrogens (tertiary/aromatic N) is 2. The zero-order valence-electron chi connectivity index (χ0n) is 23.6. The van der Waals surface area contributed by atoms with E-state index >= 15 is 0 Å². The molecule has 1 heterocycles. The largest absolute Gasteiger partial charge is 0.497 e. The first-order chi connectivity index (χ1) is 19.2. The average Bonchev–Trinajstić information content (AvgIpc) is 2.97. The molecule has 0 aromatic heterocycles. The molecule has 1 N–H and O–H groups in total. The van der Waals surface area contributed by atoms with Crippen LogP contribution in [-0.2, 0) is 25.8 Å². The van der Waals surface area contributed by atoms with Crippen LogP contribution in [0, 0.1) is 17.8 Å². The zero-order valence-corrected chi connectivity index (χ0v) is 23.6. The number of esters is 1. The Bertz CT molecular complexity index is 1250. The second-order valence-corrected chi connectivity index (χ2v) is 9.68. The molecule has 0 spiro atoms. The molecule has 40 heavy (non-hydrogen) atoms. The second kappa shape index (κ2) is 14.2. The molecule has 0 amide bonds. The van der Waals surface area contributed by atoms with Gasteiger partial charge in [0.15, 0.2) is 0 Å². The Hall–Kier alpha value is -4.23. The Labute approximate surface area is 234 Å². The number of carbonyl (C=O) groups excluding carboxylic acids is 1. The van der Waals surface area contributed by atoms with E-state index in [-0.39, 0.29) is 19.1 Å². The third-order valence-electron chi connectivity index (χ3n) is 6.81. The molecule has 2 aromatic rings. The van der Waals surface area contributed by atoms with Crippen LogP contribution in [0.25, 0.3) is 0 Å². The van der Waals surface area contributed by atoms with Crippen LogP contribution in [0.1, 0.15) is 37.8 Å². The predicted octanol–water partition coefficient (Wildman–Crippen LogP) is 3.76. The van der Waals surface area contributed by atoms with Gasteiger partial charge < -0.3 is 28.9 Å². The Balaban J connectivity index is 1.78. The van der Waals surface area contributed by atoms with E-state index < -0.39 is 17.5 Å². The molecule has 0 atom stereocenters. The molecule has 0 aliphatic carbocycles. The van der Waals surface area contributed by atoms with Gasteiger partial charge >= 0.3 is 11.9 Å². The second-order valence-electron chi connectivity index (χ2n) is 9.68. The third kappa shape index (κ3) is 8.13. The monoisotopic (exact) mass is 552 g/mol. The van der Waals surface area contributed by atoms with Crippen LogP contribution >= 0.6 is 0 Å². The summed E-state index contributed by atoms with van der Waals surface area (Å²) in [4.78, 5) is 31.1. The first-order valence-corrected chi connectivity index (χ1v) is 12.9. The fourth-order valence-electron chi connectivity index (χ4n) is 4.46. The highest BCUT2D eigenvalue weighted by molar-refractivity contribution is 6.08. The summed E-state index contributed by atoms with van der Waals surface area (Å²) in [5, 5.41) is 13.3. The lowest BCUT2D eigenvalue weighted by atomic mass is 9.86. The summed E-state index contributed by atoms with van der Waals surface area (Å²) in [6.45, 7) is 5.08. The Kier molecular flexibility index (Phi) is 10.8. The van der Waals surface area contributed by atoms with Crippen LogP contribution in [0.3, 0.4) is 0 Å². The summed E-state index contributed by atoms with van der Waals surface area (Å²) in [5.41, 5.74) is 1.36. The van der Waals surface area contributed by atoms with Gasteiger partial charge in [-0.05, 0) is 62.6 Å². The highest BCUT2D eigenvalue weighted by Gasteiger charge is 2.37. The van der Waals surface area contributed by atoms with Crippen LogP contribution in [-0.4, -0.2) is 74.2 Å². The minimum Gasteiger partial charge on any atom is -0.497 e. The van der Waals surface area contributed by atoms with Crippen LogP contribution in [0.4, 0.5) is 0 Å². The minimum atomic E-state index is -1.12. The highest BCUT2D eigenvalue weighted by Crippen LogP contribution is 2.33.